The SMILES string of the molecule is [Cl][Pt][Cl].[NH-]CC(=O)O. The van der Waals surface area contributed by atoms with Gasteiger partial charge in [0.1, 0.15) is 0 Å². The molecule has 0 amide bonds. The van der Waals surface area contributed by atoms with Crippen molar-refractivity contribution in [2.24, 2.45) is 0 Å². The van der Waals surface area contributed by atoms with Crippen molar-refractivity contribution in [1.82, 2.24) is 0 Å². The standard InChI is InChI=1S/C2H4NO2.2ClH.Pt/c3-1-2(4)5;;;/h3H,1H2,(H,4,5);2*1H;/q-1;;;+2/p-2. The Morgan fingerprint density at radius 1 is 1.75 bits per heavy atom. The molecular formula is C2H4Cl2NO2Pt-. The van der Waals surface area contributed by atoms with Crippen LogP contribution in [0.15, 0.2) is 0 Å². The van der Waals surface area contributed by atoms with Crippen molar-refractivity contribution in [3.8, 4) is 0 Å². The minimum absolute atomic E-state index is 0.472. The van der Waals surface area contributed by atoms with Gasteiger partial charge in [-0.15, -0.1) is 0 Å². The first-order chi connectivity index (χ1) is 3.68. The maximum Gasteiger partial charge on any atom is 0.282 e. The fraction of sp³-hybridized carbons (Fsp3) is 0.500. The first-order valence-corrected chi connectivity index (χ1v) is 7.00. The quantitative estimate of drug-likeness (QED) is 0.787. The second-order valence-corrected chi connectivity index (χ2v) is 3.90. The van der Waals surface area contributed by atoms with Gasteiger partial charge in [-0.05, 0) is 0 Å². The van der Waals surface area contributed by atoms with Crippen molar-refractivity contribution >= 4 is 24.8 Å². The molecule has 0 aromatic rings. The largest absolute Gasteiger partial charge is 0.668 e. The number of hydrogen-bond donors (Lipinski definition) is 1. The molecule has 0 heterocycles. The van der Waals surface area contributed by atoms with Crippen LogP contribution in [0.5, 0.6) is 0 Å². The predicted octanol–water partition coefficient (Wildman–Crippen LogP) is 1.50. The summed E-state index contributed by atoms with van der Waals surface area (Å²) >= 11 is -0.472. The molecule has 0 bridgehead atoms. The summed E-state index contributed by atoms with van der Waals surface area (Å²) in [5.41, 5.74) is 6.06. The van der Waals surface area contributed by atoms with Gasteiger partial charge in [-0.25, -0.2) is 0 Å². The maximum atomic E-state index is 9.18. The van der Waals surface area contributed by atoms with E-state index < -0.39 is 29.0 Å². The number of carboxylic acids is 1. The van der Waals surface area contributed by atoms with Gasteiger partial charge in [-0.1, -0.05) is 6.54 Å². The Morgan fingerprint density at radius 2 is 1.88 bits per heavy atom. The molecule has 0 rings (SSSR count). The van der Waals surface area contributed by atoms with Crippen molar-refractivity contribution in [3.05, 3.63) is 5.73 Å². The van der Waals surface area contributed by atoms with E-state index in [0.717, 1.165) is 0 Å². The molecule has 0 radical (unpaired) electrons. The Hall–Kier alpha value is 0.698. The molecule has 0 aliphatic heterocycles. The number of carboxylic acid groups (broad SMARTS) is 1. The van der Waals surface area contributed by atoms with Gasteiger partial charge in [0.2, 0.25) is 0 Å². The predicted molar refractivity (Wildman–Crippen MR) is 28.5 cm³/mol. The Balaban J connectivity index is 0. The first-order valence-electron chi connectivity index (χ1n) is 1.37. The summed E-state index contributed by atoms with van der Waals surface area (Å²) in [5, 5.41) is 7.53. The van der Waals surface area contributed by atoms with Gasteiger partial charge in [0.05, 0.1) is 0 Å². The van der Waals surface area contributed by atoms with Crippen LogP contribution in [0.4, 0.5) is 0 Å². The minimum atomic E-state index is -1.08. The Kier molecular flexibility index (Phi) is 15.3. The zero-order valence-corrected chi connectivity index (χ0v) is 7.42. The van der Waals surface area contributed by atoms with E-state index in [-0.39, 0.29) is 0 Å². The maximum absolute atomic E-state index is 9.18. The molecule has 0 saturated heterocycles. The van der Waals surface area contributed by atoms with Crippen molar-refractivity contribution in [1.29, 1.82) is 0 Å². The van der Waals surface area contributed by atoms with Crippen LogP contribution in [0.2, 0.25) is 0 Å². The van der Waals surface area contributed by atoms with Crippen molar-refractivity contribution in [2.75, 3.05) is 6.54 Å². The van der Waals surface area contributed by atoms with Gasteiger partial charge in [-0.3, -0.25) is 4.79 Å². The van der Waals surface area contributed by atoms with Gasteiger partial charge in [0.25, 0.3) is 5.97 Å². The molecule has 0 atom stereocenters. The van der Waals surface area contributed by atoms with E-state index in [9.17, 15) is 4.79 Å². The van der Waals surface area contributed by atoms with Crippen LogP contribution in [0.1, 0.15) is 0 Å². The Bertz CT molecular complexity index is 62.0. The monoisotopic (exact) mass is 339 g/mol. The second kappa shape index (κ2) is 10.6. The van der Waals surface area contributed by atoms with E-state index in [0.29, 0.717) is 0 Å². The van der Waals surface area contributed by atoms with Gasteiger partial charge in [0.15, 0.2) is 0 Å². The molecule has 3 nitrogen and oxygen atoms in total. The smallest absolute Gasteiger partial charge is 0.282 e. The summed E-state index contributed by atoms with van der Waals surface area (Å²) in [7, 11) is 9.75. The van der Waals surface area contributed by atoms with Crippen LogP contribution in [0.25, 0.3) is 5.73 Å². The van der Waals surface area contributed by atoms with E-state index >= 15 is 0 Å². The molecule has 6 heteroatoms. The first kappa shape index (κ1) is 11.5. The molecule has 2 N–H and O–H groups in total. The summed E-state index contributed by atoms with van der Waals surface area (Å²) in [6.07, 6.45) is 0. The second-order valence-electron chi connectivity index (χ2n) is 0.616. The molecule has 54 valence electrons. The van der Waals surface area contributed by atoms with Crippen LogP contribution < -0.4 is 0 Å². The molecule has 0 fully saturated rings. The van der Waals surface area contributed by atoms with E-state index in [2.05, 4.69) is 0 Å². The van der Waals surface area contributed by atoms with Gasteiger partial charge < -0.3 is 10.8 Å². The van der Waals surface area contributed by atoms with Crippen molar-refractivity contribution < 1.29 is 26.4 Å². The van der Waals surface area contributed by atoms with Gasteiger partial charge in [0, 0.05) is 0 Å². The van der Waals surface area contributed by atoms with E-state index in [1.807, 2.05) is 0 Å². The van der Waals surface area contributed by atoms with Gasteiger partial charge >= 0.3 is 35.3 Å². The molecule has 0 aliphatic carbocycles. The summed E-state index contributed by atoms with van der Waals surface area (Å²) in [6, 6.07) is 0. The molecular weight excluding hydrogens is 336 g/mol. The average molecular weight is 340 g/mol. The number of carbonyl (C=O) groups is 1. The number of rotatable bonds is 1. The third-order valence-electron chi connectivity index (χ3n) is 0.151. The zero-order chi connectivity index (χ0) is 6.99. The molecule has 0 aromatic carbocycles. The minimum Gasteiger partial charge on any atom is -0.668 e. The molecule has 8 heavy (non-hydrogen) atoms. The van der Waals surface area contributed by atoms with Crippen LogP contribution in [0, 0.1) is 0 Å². The fourth-order valence-electron chi connectivity index (χ4n) is 0. The molecule has 0 unspecified atom stereocenters. The van der Waals surface area contributed by atoms with Crippen molar-refractivity contribution in [2.45, 2.75) is 0 Å². The van der Waals surface area contributed by atoms with E-state index in [4.69, 9.17) is 29.7 Å². The molecule has 0 aromatic heterocycles. The van der Waals surface area contributed by atoms with Gasteiger partial charge in [-0.2, -0.15) is 0 Å². The zero-order valence-electron chi connectivity index (χ0n) is 3.63. The summed E-state index contributed by atoms with van der Waals surface area (Å²) in [6.45, 7) is -0.528. The summed E-state index contributed by atoms with van der Waals surface area (Å²) in [4.78, 5) is 9.18. The van der Waals surface area contributed by atoms with E-state index in [1.165, 1.54) is 0 Å². The number of hydrogen-bond acceptors (Lipinski definition) is 1. The van der Waals surface area contributed by atoms with Crippen LogP contribution in [0.3, 0.4) is 0 Å². The third-order valence-corrected chi connectivity index (χ3v) is 0.151. The fourth-order valence-corrected chi connectivity index (χ4v) is 0. The van der Waals surface area contributed by atoms with Crippen LogP contribution >= 0.6 is 18.8 Å². The Morgan fingerprint density at radius 3 is 1.88 bits per heavy atom. The molecule has 0 saturated carbocycles. The number of halogens is 2. The van der Waals surface area contributed by atoms with E-state index in [1.54, 1.807) is 0 Å². The normalized spacial score (nSPS) is 7.38. The molecule has 0 spiro atoms. The van der Waals surface area contributed by atoms with Crippen LogP contribution in [-0.4, -0.2) is 17.6 Å². The van der Waals surface area contributed by atoms with Crippen LogP contribution in [-0.2, 0) is 21.3 Å². The average Bonchev–Trinajstić information content (AvgIpc) is 1.69. The summed E-state index contributed by atoms with van der Waals surface area (Å²) < 4.78 is 0. The van der Waals surface area contributed by atoms with Crippen molar-refractivity contribution in [3.63, 3.8) is 0 Å². The number of nitrogens with one attached hydrogen (secondary N) is 1. The molecule has 0 aliphatic rings. The Labute approximate surface area is 63.5 Å². The number of aliphatic carboxylic acids is 1. The summed E-state index contributed by atoms with van der Waals surface area (Å²) in [5.74, 6) is -1.08. The third kappa shape index (κ3) is 29.9. The topological polar surface area (TPSA) is 61.1 Å².